The normalized spacial score (nSPS) is 27.2. The molecule has 1 fully saturated rings. The molecule has 1 heterocycles. The van der Waals surface area contributed by atoms with Crippen molar-refractivity contribution in [1.82, 2.24) is 0 Å². The Labute approximate surface area is 71.8 Å². The van der Waals surface area contributed by atoms with E-state index in [2.05, 4.69) is 0 Å². The van der Waals surface area contributed by atoms with E-state index in [9.17, 15) is 0 Å². The third-order valence-electron chi connectivity index (χ3n) is 2.33. The summed E-state index contributed by atoms with van der Waals surface area (Å²) in [5, 5.41) is 9.05. The standard InChI is InChI=1S/C10H12O2/c1-8-2-4-9(5-3-8)10(6-11)7-12-10/h2-5,11H,6-7H2,1H3. The van der Waals surface area contributed by atoms with Crippen LogP contribution in [0.1, 0.15) is 11.1 Å². The first-order chi connectivity index (χ1) is 5.77. The third kappa shape index (κ3) is 1.13. The summed E-state index contributed by atoms with van der Waals surface area (Å²) in [6, 6.07) is 8.10. The van der Waals surface area contributed by atoms with E-state index in [0.29, 0.717) is 6.61 Å². The van der Waals surface area contributed by atoms with Gasteiger partial charge in [-0.1, -0.05) is 29.8 Å². The first-order valence-electron chi connectivity index (χ1n) is 4.09. The summed E-state index contributed by atoms with van der Waals surface area (Å²) in [6.45, 7) is 2.77. The predicted molar refractivity (Wildman–Crippen MR) is 45.9 cm³/mol. The van der Waals surface area contributed by atoms with E-state index in [1.54, 1.807) is 0 Å². The zero-order chi connectivity index (χ0) is 8.60. The molecule has 1 N–H and O–H groups in total. The second-order valence-electron chi connectivity index (χ2n) is 3.31. The third-order valence-corrected chi connectivity index (χ3v) is 2.33. The summed E-state index contributed by atoms with van der Waals surface area (Å²) in [6.07, 6.45) is 0. The van der Waals surface area contributed by atoms with Crippen LogP contribution in [0.25, 0.3) is 0 Å². The van der Waals surface area contributed by atoms with Crippen molar-refractivity contribution in [3.8, 4) is 0 Å². The van der Waals surface area contributed by atoms with Crippen LogP contribution >= 0.6 is 0 Å². The number of epoxide rings is 1. The molecule has 1 aromatic carbocycles. The molecule has 0 amide bonds. The van der Waals surface area contributed by atoms with E-state index in [0.717, 1.165) is 5.56 Å². The van der Waals surface area contributed by atoms with Crippen LogP contribution < -0.4 is 0 Å². The van der Waals surface area contributed by atoms with Crippen molar-refractivity contribution >= 4 is 0 Å². The van der Waals surface area contributed by atoms with Gasteiger partial charge in [-0.05, 0) is 12.5 Å². The largest absolute Gasteiger partial charge is 0.393 e. The molecule has 1 atom stereocenters. The fraction of sp³-hybridized carbons (Fsp3) is 0.400. The minimum absolute atomic E-state index is 0.0794. The molecule has 2 heteroatoms. The van der Waals surface area contributed by atoms with Gasteiger partial charge >= 0.3 is 0 Å². The zero-order valence-electron chi connectivity index (χ0n) is 7.08. The summed E-state index contributed by atoms with van der Waals surface area (Å²) >= 11 is 0. The quantitative estimate of drug-likeness (QED) is 0.666. The molecule has 0 aliphatic carbocycles. The molecule has 64 valence electrons. The van der Waals surface area contributed by atoms with E-state index in [1.165, 1.54) is 5.56 Å². The second kappa shape index (κ2) is 2.57. The number of aliphatic hydroxyl groups is 1. The maximum Gasteiger partial charge on any atom is 0.139 e. The number of hydrogen-bond donors (Lipinski definition) is 1. The lowest BCUT2D eigenvalue weighted by atomic mass is 10.00. The highest BCUT2D eigenvalue weighted by atomic mass is 16.6. The Bertz CT molecular complexity index is 272. The van der Waals surface area contributed by atoms with Gasteiger partial charge < -0.3 is 9.84 Å². The van der Waals surface area contributed by atoms with Gasteiger partial charge in [0.05, 0.1) is 13.2 Å². The molecule has 1 unspecified atom stereocenters. The number of ether oxygens (including phenoxy) is 1. The Morgan fingerprint density at radius 1 is 1.42 bits per heavy atom. The number of benzene rings is 1. The van der Waals surface area contributed by atoms with Gasteiger partial charge in [-0.15, -0.1) is 0 Å². The van der Waals surface area contributed by atoms with Gasteiger partial charge in [-0.2, -0.15) is 0 Å². The van der Waals surface area contributed by atoms with Crippen LogP contribution in [0.2, 0.25) is 0 Å². The lowest BCUT2D eigenvalue weighted by Crippen LogP contribution is -2.13. The van der Waals surface area contributed by atoms with Gasteiger partial charge in [-0.25, -0.2) is 0 Å². The van der Waals surface area contributed by atoms with Gasteiger partial charge in [0, 0.05) is 0 Å². The maximum absolute atomic E-state index is 9.05. The van der Waals surface area contributed by atoms with Crippen LogP contribution in [-0.4, -0.2) is 18.3 Å². The molecule has 0 aromatic heterocycles. The Balaban J connectivity index is 2.29. The van der Waals surface area contributed by atoms with Gasteiger partial charge in [0.2, 0.25) is 0 Å². The smallest absolute Gasteiger partial charge is 0.139 e. The molecular weight excluding hydrogens is 152 g/mol. The molecule has 0 saturated carbocycles. The summed E-state index contributed by atoms with van der Waals surface area (Å²) < 4.78 is 5.22. The van der Waals surface area contributed by atoms with E-state index in [1.807, 2.05) is 31.2 Å². The minimum Gasteiger partial charge on any atom is -0.393 e. The number of hydrogen-bond acceptors (Lipinski definition) is 2. The highest BCUT2D eigenvalue weighted by Crippen LogP contribution is 2.37. The SMILES string of the molecule is Cc1ccc(C2(CO)CO2)cc1. The molecule has 0 radical (unpaired) electrons. The van der Waals surface area contributed by atoms with Crippen molar-refractivity contribution < 1.29 is 9.84 Å². The van der Waals surface area contributed by atoms with Crippen molar-refractivity contribution in [3.63, 3.8) is 0 Å². The molecule has 1 aromatic rings. The highest BCUT2D eigenvalue weighted by molar-refractivity contribution is 5.29. The predicted octanol–water partition coefficient (Wildman–Crippen LogP) is 1.21. The lowest BCUT2D eigenvalue weighted by molar-refractivity contribution is 0.172. The van der Waals surface area contributed by atoms with E-state index in [4.69, 9.17) is 9.84 Å². The number of aryl methyl sites for hydroxylation is 1. The average molecular weight is 164 g/mol. The molecule has 0 bridgehead atoms. The van der Waals surface area contributed by atoms with Crippen molar-refractivity contribution in [3.05, 3.63) is 35.4 Å². The molecule has 2 rings (SSSR count). The molecular formula is C10H12O2. The van der Waals surface area contributed by atoms with Crippen LogP contribution in [0.4, 0.5) is 0 Å². The number of aliphatic hydroxyl groups excluding tert-OH is 1. The Morgan fingerprint density at radius 2 is 2.00 bits per heavy atom. The van der Waals surface area contributed by atoms with Crippen LogP contribution in [0, 0.1) is 6.92 Å². The molecule has 1 saturated heterocycles. The summed E-state index contributed by atoms with van der Waals surface area (Å²) in [7, 11) is 0. The molecule has 1 aliphatic heterocycles. The highest BCUT2D eigenvalue weighted by Gasteiger charge is 2.45. The first-order valence-corrected chi connectivity index (χ1v) is 4.09. The van der Waals surface area contributed by atoms with Crippen LogP contribution in [-0.2, 0) is 10.3 Å². The van der Waals surface area contributed by atoms with Gasteiger partial charge in [-0.3, -0.25) is 0 Å². The zero-order valence-corrected chi connectivity index (χ0v) is 7.08. The van der Waals surface area contributed by atoms with Crippen LogP contribution in [0.3, 0.4) is 0 Å². The van der Waals surface area contributed by atoms with E-state index < -0.39 is 0 Å². The fourth-order valence-corrected chi connectivity index (χ4v) is 1.29. The first kappa shape index (κ1) is 7.77. The Hall–Kier alpha value is -0.860. The van der Waals surface area contributed by atoms with Crippen molar-refractivity contribution in [1.29, 1.82) is 0 Å². The van der Waals surface area contributed by atoms with Gasteiger partial charge in [0.25, 0.3) is 0 Å². The molecule has 2 nitrogen and oxygen atoms in total. The van der Waals surface area contributed by atoms with Gasteiger partial charge in [0.1, 0.15) is 5.60 Å². The van der Waals surface area contributed by atoms with E-state index >= 15 is 0 Å². The van der Waals surface area contributed by atoms with Gasteiger partial charge in [0.15, 0.2) is 0 Å². The Kier molecular flexibility index (Phi) is 1.67. The summed E-state index contributed by atoms with van der Waals surface area (Å²) in [4.78, 5) is 0. The topological polar surface area (TPSA) is 32.8 Å². The molecule has 0 spiro atoms. The minimum atomic E-state index is -0.367. The summed E-state index contributed by atoms with van der Waals surface area (Å²) in [5.41, 5.74) is 1.94. The molecule has 1 aliphatic rings. The lowest BCUT2D eigenvalue weighted by Gasteiger charge is -2.07. The monoisotopic (exact) mass is 164 g/mol. The van der Waals surface area contributed by atoms with Crippen LogP contribution in [0.15, 0.2) is 24.3 Å². The van der Waals surface area contributed by atoms with Crippen LogP contribution in [0.5, 0.6) is 0 Å². The van der Waals surface area contributed by atoms with Crippen molar-refractivity contribution in [2.24, 2.45) is 0 Å². The summed E-state index contributed by atoms with van der Waals surface area (Å²) in [5.74, 6) is 0. The number of rotatable bonds is 2. The van der Waals surface area contributed by atoms with E-state index in [-0.39, 0.29) is 12.2 Å². The second-order valence-corrected chi connectivity index (χ2v) is 3.31. The average Bonchev–Trinajstić information content (AvgIpc) is 2.86. The molecule has 12 heavy (non-hydrogen) atoms. The Morgan fingerprint density at radius 3 is 2.42 bits per heavy atom. The fourth-order valence-electron chi connectivity index (χ4n) is 1.29. The van der Waals surface area contributed by atoms with Crippen molar-refractivity contribution in [2.45, 2.75) is 12.5 Å². The maximum atomic E-state index is 9.05. The van der Waals surface area contributed by atoms with Crippen molar-refractivity contribution in [2.75, 3.05) is 13.2 Å².